The van der Waals surface area contributed by atoms with E-state index in [2.05, 4.69) is 41.6 Å². The number of allylic oxidation sites excluding steroid dienone is 4. The van der Waals surface area contributed by atoms with Gasteiger partial charge in [0.25, 0.3) is 5.91 Å². The van der Waals surface area contributed by atoms with Crippen LogP contribution in [-0.4, -0.2) is 41.7 Å². The Bertz CT molecular complexity index is 676. The summed E-state index contributed by atoms with van der Waals surface area (Å²) in [4.78, 5) is 14.4. The Balaban J connectivity index is 1.82. The Morgan fingerprint density at radius 2 is 2.04 bits per heavy atom. The molecule has 4 nitrogen and oxygen atoms in total. The quantitative estimate of drug-likeness (QED) is 0.565. The molecule has 2 N–H and O–H groups in total. The molecule has 1 aromatic rings. The molecule has 132 valence electrons. The molecule has 25 heavy (non-hydrogen) atoms. The number of carbonyl (C=O) groups is 1. The average Bonchev–Trinajstić information content (AvgIpc) is 2.63. The van der Waals surface area contributed by atoms with Gasteiger partial charge >= 0.3 is 0 Å². The normalized spacial score (nSPS) is 16.3. The van der Waals surface area contributed by atoms with Crippen molar-refractivity contribution in [1.29, 1.82) is 0 Å². The van der Waals surface area contributed by atoms with Crippen molar-refractivity contribution < 1.29 is 9.90 Å². The molecule has 0 saturated heterocycles. The lowest BCUT2D eigenvalue weighted by molar-refractivity contribution is -0.117. The van der Waals surface area contributed by atoms with Gasteiger partial charge in [-0.05, 0) is 23.6 Å². The Kier molecular flexibility index (Phi) is 7.38. The number of aliphatic hydroxyl groups is 1. The maximum atomic E-state index is 12.2. The highest BCUT2D eigenvalue weighted by molar-refractivity contribution is 5.96. The van der Waals surface area contributed by atoms with E-state index in [9.17, 15) is 9.90 Å². The summed E-state index contributed by atoms with van der Waals surface area (Å²) in [6.45, 7) is 9.72. The number of benzene rings is 1. The SMILES string of the molecule is C=C/C=C\C(=C/C=C)C(=O)NC[C@H](O)CN1CCc2ccccc2C1. The van der Waals surface area contributed by atoms with Gasteiger partial charge in [0, 0.05) is 31.8 Å². The molecule has 0 fully saturated rings. The third-order valence-electron chi connectivity index (χ3n) is 4.15. The summed E-state index contributed by atoms with van der Waals surface area (Å²) in [7, 11) is 0. The average molecular weight is 338 g/mol. The zero-order valence-corrected chi connectivity index (χ0v) is 14.5. The van der Waals surface area contributed by atoms with Crippen molar-refractivity contribution in [2.45, 2.75) is 19.1 Å². The fourth-order valence-electron chi connectivity index (χ4n) is 2.89. The van der Waals surface area contributed by atoms with Gasteiger partial charge in [-0.1, -0.05) is 61.7 Å². The van der Waals surface area contributed by atoms with E-state index >= 15 is 0 Å². The van der Waals surface area contributed by atoms with Crippen molar-refractivity contribution in [3.63, 3.8) is 0 Å². The largest absolute Gasteiger partial charge is 0.390 e. The van der Waals surface area contributed by atoms with Crippen LogP contribution in [0, 0.1) is 0 Å². The topological polar surface area (TPSA) is 52.6 Å². The molecule has 1 aliphatic rings. The standard InChI is InChI=1S/C21H26N2O2/c1-3-5-9-18(8-4-2)21(25)22-14-20(24)16-23-13-12-17-10-6-7-11-19(17)15-23/h3-11,20,24H,1-2,12-16H2,(H,22,25)/b9-5-,18-8+/t20-/m0/s1. The second kappa shape index (κ2) is 9.77. The van der Waals surface area contributed by atoms with Crippen LogP contribution in [0.5, 0.6) is 0 Å². The molecular weight excluding hydrogens is 312 g/mol. The van der Waals surface area contributed by atoms with Crippen molar-refractivity contribution >= 4 is 5.91 Å². The number of aliphatic hydroxyl groups excluding tert-OH is 1. The van der Waals surface area contributed by atoms with Crippen molar-refractivity contribution in [3.05, 3.63) is 84.5 Å². The van der Waals surface area contributed by atoms with Crippen LogP contribution in [0.1, 0.15) is 11.1 Å². The van der Waals surface area contributed by atoms with Gasteiger partial charge in [-0.25, -0.2) is 0 Å². The predicted molar refractivity (Wildman–Crippen MR) is 102 cm³/mol. The zero-order valence-electron chi connectivity index (χ0n) is 14.5. The molecule has 1 heterocycles. The lowest BCUT2D eigenvalue weighted by Gasteiger charge is -2.30. The number of rotatable bonds is 8. The monoisotopic (exact) mass is 338 g/mol. The molecule has 1 atom stereocenters. The highest BCUT2D eigenvalue weighted by Crippen LogP contribution is 2.18. The van der Waals surface area contributed by atoms with Crippen LogP contribution < -0.4 is 5.32 Å². The molecule has 1 aliphatic heterocycles. The molecule has 0 saturated carbocycles. The number of amides is 1. The van der Waals surface area contributed by atoms with Crippen molar-refractivity contribution in [3.8, 4) is 0 Å². The Morgan fingerprint density at radius 1 is 1.28 bits per heavy atom. The summed E-state index contributed by atoms with van der Waals surface area (Å²) in [6, 6.07) is 8.40. The third kappa shape index (κ3) is 5.85. The zero-order chi connectivity index (χ0) is 18.1. The molecule has 0 radical (unpaired) electrons. The highest BCUT2D eigenvalue weighted by atomic mass is 16.3. The van der Waals surface area contributed by atoms with E-state index in [1.165, 1.54) is 11.1 Å². The van der Waals surface area contributed by atoms with Gasteiger partial charge in [0.05, 0.1) is 6.10 Å². The lowest BCUT2D eigenvalue weighted by atomic mass is 10.00. The molecule has 0 aromatic heterocycles. The molecule has 2 rings (SSSR count). The van der Waals surface area contributed by atoms with Crippen LogP contribution >= 0.6 is 0 Å². The van der Waals surface area contributed by atoms with Gasteiger partial charge in [-0.15, -0.1) is 0 Å². The first-order valence-electron chi connectivity index (χ1n) is 8.51. The number of β-amino-alcohol motifs (C(OH)–C–C–N with tert-alkyl or cyclic N) is 1. The lowest BCUT2D eigenvalue weighted by Crippen LogP contribution is -2.42. The molecular formula is C21H26N2O2. The van der Waals surface area contributed by atoms with Crippen molar-refractivity contribution in [2.24, 2.45) is 0 Å². The highest BCUT2D eigenvalue weighted by Gasteiger charge is 2.18. The van der Waals surface area contributed by atoms with E-state index < -0.39 is 6.10 Å². The predicted octanol–water partition coefficient (Wildman–Crippen LogP) is 2.38. The first-order valence-corrected chi connectivity index (χ1v) is 8.51. The molecule has 4 heteroatoms. The number of nitrogens with one attached hydrogen (secondary N) is 1. The van der Waals surface area contributed by atoms with E-state index in [1.54, 1.807) is 30.4 Å². The first-order chi connectivity index (χ1) is 12.1. The minimum Gasteiger partial charge on any atom is -0.390 e. The summed E-state index contributed by atoms with van der Waals surface area (Å²) >= 11 is 0. The fourth-order valence-corrected chi connectivity index (χ4v) is 2.89. The van der Waals surface area contributed by atoms with Crippen LogP contribution in [0.3, 0.4) is 0 Å². The van der Waals surface area contributed by atoms with E-state index in [-0.39, 0.29) is 12.5 Å². The third-order valence-corrected chi connectivity index (χ3v) is 4.15. The van der Waals surface area contributed by atoms with E-state index in [1.807, 2.05) is 6.07 Å². The van der Waals surface area contributed by atoms with Crippen LogP contribution in [0.4, 0.5) is 0 Å². The smallest absolute Gasteiger partial charge is 0.251 e. The summed E-state index contributed by atoms with van der Waals surface area (Å²) < 4.78 is 0. The number of hydrogen-bond acceptors (Lipinski definition) is 3. The van der Waals surface area contributed by atoms with Gasteiger partial charge in [-0.3, -0.25) is 9.69 Å². The first kappa shape index (κ1) is 18.9. The second-order valence-corrected chi connectivity index (χ2v) is 6.07. The molecule has 1 aromatic carbocycles. The second-order valence-electron chi connectivity index (χ2n) is 6.07. The Labute approximate surface area is 149 Å². The van der Waals surface area contributed by atoms with E-state index in [0.29, 0.717) is 12.1 Å². The summed E-state index contributed by atoms with van der Waals surface area (Å²) in [5.41, 5.74) is 3.18. The number of fused-ring (bicyclic) bond motifs is 1. The minimum absolute atomic E-state index is 0.216. The maximum absolute atomic E-state index is 12.2. The number of carbonyl (C=O) groups excluding carboxylic acids is 1. The summed E-state index contributed by atoms with van der Waals surface area (Å²) in [5.74, 6) is -0.235. The Hall–Kier alpha value is -2.43. The Morgan fingerprint density at radius 3 is 2.76 bits per heavy atom. The van der Waals surface area contributed by atoms with E-state index in [0.717, 1.165) is 19.5 Å². The molecule has 0 spiro atoms. The molecule has 0 aliphatic carbocycles. The van der Waals surface area contributed by atoms with Crippen LogP contribution in [0.15, 0.2) is 73.4 Å². The van der Waals surface area contributed by atoms with E-state index in [4.69, 9.17) is 0 Å². The number of hydrogen-bond donors (Lipinski definition) is 2. The fraction of sp³-hybridized carbons (Fsp3) is 0.286. The number of nitrogens with zero attached hydrogens (tertiary/aromatic N) is 1. The van der Waals surface area contributed by atoms with Gasteiger partial charge in [-0.2, -0.15) is 0 Å². The van der Waals surface area contributed by atoms with Crippen LogP contribution in [-0.2, 0) is 17.8 Å². The minimum atomic E-state index is -0.609. The van der Waals surface area contributed by atoms with Gasteiger partial charge < -0.3 is 10.4 Å². The van der Waals surface area contributed by atoms with Gasteiger partial charge in [0.15, 0.2) is 0 Å². The summed E-state index contributed by atoms with van der Waals surface area (Å²) in [6.07, 6.45) is 8.53. The van der Waals surface area contributed by atoms with Gasteiger partial charge in [0.1, 0.15) is 0 Å². The maximum Gasteiger partial charge on any atom is 0.251 e. The van der Waals surface area contributed by atoms with Crippen molar-refractivity contribution in [2.75, 3.05) is 19.6 Å². The molecule has 1 amide bonds. The van der Waals surface area contributed by atoms with Crippen molar-refractivity contribution in [1.82, 2.24) is 10.2 Å². The molecule has 0 unspecified atom stereocenters. The van der Waals surface area contributed by atoms with Crippen LogP contribution in [0.25, 0.3) is 0 Å². The summed E-state index contributed by atoms with van der Waals surface area (Å²) in [5, 5.41) is 13.0. The molecule has 0 bridgehead atoms. The van der Waals surface area contributed by atoms with Gasteiger partial charge in [0.2, 0.25) is 0 Å². The van der Waals surface area contributed by atoms with Crippen LogP contribution in [0.2, 0.25) is 0 Å².